The third kappa shape index (κ3) is 8.80. The van der Waals surface area contributed by atoms with Gasteiger partial charge in [-0.2, -0.15) is 13.2 Å². The number of nitrogens with one attached hydrogen (secondary N) is 1. The molecule has 0 unspecified atom stereocenters. The molecule has 0 atom stereocenters. The molecule has 0 saturated carbocycles. The molecule has 0 bridgehead atoms. The van der Waals surface area contributed by atoms with Gasteiger partial charge in [0.2, 0.25) is 0 Å². The standard InChI is InChI=1S/C25H34N4O4S.C2HF3O2/c1-18(2)19-6-8-22(9-7-19)34(32,33)27-23-16-20(25(30)31)17-26-24(23)29-14-10-21(11-15-29)28-12-4-3-5-13-28;3-2(4,5)1(6)7/h6-9,16-18,21,27H,3-5,10-15H2,1-2H3,(H,30,31);(H,6,7). The van der Waals surface area contributed by atoms with Crippen LogP contribution in [-0.4, -0.2) is 78.9 Å². The quantitative estimate of drug-likeness (QED) is 0.409. The number of nitrogens with zero attached hydrogens (tertiary/aromatic N) is 3. The van der Waals surface area contributed by atoms with Crippen molar-refractivity contribution in [2.45, 2.75) is 69.0 Å². The first-order valence-electron chi connectivity index (χ1n) is 13.3. The number of carbonyl (C=O) groups is 2. The van der Waals surface area contributed by atoms with Crippen molar-refractivity contribution in [2.24, 2.45) is 0 Å². The molecule has 1 aromatic carbocycles. The Kier molecular flexibility index (Phi) is 10.6. The van der Waals surface area contributed by atoms with Crippen molar-refractivity contribution < 1.29 is 41.4 Å². The van der Waals surface area contributed by atoms with Crippen molar-refractivity contribution >= 4 is 33.5 Å². The average molecular weight is 601 g/mol. The summed E-state index contributed by atoms with van der Waals surface area (Å²) in [7, 11) is -3.91. The highest BCUT2D eigenvalue weighted by Gasteiger charge is 2.38. The summed E-state index contributed by atoms with van der Waals surface area (Å²) in [5.74, 6) is -3.14. The molecular formula is C27H35F3N4O6S. The second-order valence-corrected chi connectivity index (χ2v) is 12.0. The molecule has 4 rings (SSSR count). The second-order valence-electron chi connectivity index (χ2n) is 10.3. The Morgan fingerprint density at radius 3 is 2.05 bits per heavy atom. The van der Waals surface area contributed by atoms with E-state index >= 15 is 0 Å². The number of pyridine rings is 1. The van der Waals surface area contributed by atoms with E-state index in [4.69, 9.17) is 9.90 Å². The van der Waals surface area contributed by atoms with E-state index in [2.05, 4.69) is 19.5 Å². The van der Waals surface area contributed by atoms with E-state index in [9.17, 15) is 31.5 Å². The molecule has 0 radical (unpaired) electrons. The molecule has 2 saturated heterocycles. The maximum atomic E-state index is 13.1. The van der Waals surface area contributed by atoms with E-state index in [0.717, 1.165) is 44.6 Å². The summed E-state index contributed by atoms with van der Waals surface area (Å²) in [6, 6.07) is 8.66. The Bertz CT molecular complexity index is 1310. The fourth-order valence-electron chi connectivity index (χ4n) is 4.86. The number of anilines is 2. The number of hydrogen-bond donors (Lipinski definition) is 3. The van der Waals surface area contributed by atoms with Crippen LogP contribution in [0.1, 0.15) is 67.8 Å². The third-order valence-corrected chi connectivity index (χ3v) is 8.51. The van der Waals surface area contributed by atoms with Gasteiger partial charge in [-0.15, -0.1) is 0 Å². The monoisotopic (exact) mass is 600 g/mol. The molecular weight excluding hydrogens is 565 g/mol. The Morgan fingerprint density at radius 2 is 1.56 bits per heavy atom. The van der Waals surface area contributed by atoms with Crippen molar-refractivity contribution in [3.05, 3.63) is 47.7 Å². The molecule has 3 heterocycles. The van der Waals surface area contributed by atoms with E-state index in [-0.39, 0.29) is 16.1 Å². The van der Waals surface area contributed by atoms with E-state index in [0.29, 0.717) is 17.8 Å². The first-order valence-corrected chi connectivity index (χ1v) is 14.8. The molecule has 10 nitrogen and oxygen atoms in total. The number of carboxylic acid groups (broad SMARTS) is 2. The molecule has 0 spiro atoms. The number of sulfonamides is 1. The number of alkyl halides is 3. The van der Waals surface area contributed by atoms with Crippen LogP contribution in [0.3, 0.4) is 0 Å². The molecule has 14 heteroatoms. The number of piperidine rings is 2. The second kappa shape index (κ2) is 13.5. The van der Waals surface area contributed by atoms with Gasteiger partial charge in [0.05, 0.1) is 16.1 Å². The van der Waals surface area contributed by atoms with Crippen LogP contribution >= 0.6 is 0 Å². The van der Waals surface area contributed by atoms with Gasteiger partial charge in [-0.3, -0.25) is 4.72 Å². The van der Waals surface area contributed by atoms with Crippen LogP contribution in [-0.2, 0) is 14.8 Å². The molecule has 2 aromatic rings. The van der Waals surface area contributed by atoms with Gasteiger partial charge < -0.3 is 20.0 Å². The summed E-state index contributed by atoms with van der Waals surface area (Å²) in [5, 5.41) is 16.6. The van der Waals surface area contributed by atoms with Crippen LogP contribution < -0.4 is 9.62 Å². The van der Waals surface area contributed by atoms with Crippen molar-refractivity contribution in [2.75, 3.05) is 35.8 Å². The van der Waals surface area contributed by atoms with Gasteiger partial charge in [0, 0.05) is 25.3 Å². The van der Waals surface area contributed by atoms with Gasteiger partial charge in [-0.1, -0.05) is 32.4 Å². The summed E-state index contributed by atoms with van der Waals surface area (Å²) in [6.07, 6.45) is 1.98. The maximum Gasteiger partial charge on any atom is 0.490 e. The van der Waals surface area contributed by atoms with Crippen LogP contribution in [0.5, 0.6) is 0 Å². The lowest BCUT2D eigenvalue weighted by atomic mass is 10.00. The maximum absolute atomic E-state index is 13.1. The number of carboxylic acids is 2. The van der Waals surface area contributed by atoms with Crippen LogP contribution in [0.4, 0.5) is 24.7 Å². The summed E-state index contributed by atoms with van der Waals surface area (Å²) < 4.78 is 60.6. The van der Waals surface area contributed by atoms with Gasteiger partial charge in [-0.25, -0.2) is 23.0 Å². The largest absolute Gasteiger partial charge is 0.490 e. The molecule has 3 N–H and O–H groups in total. The zero-order valence-corrected chi connectivity index (χ0v) is 23.7. The Labute approximate surface area is 237 Å². The van der Waals surface area contributed by atoms with E-state index in [1.54, 1.807) is 24.3 Å². The minimum absolute atomic E-state index is 0.0557. The number of aromatic carboxylic acids is 1. The molecule has 41 heavy (non-hydrogen) atoms. The highest BCUT2D eigenvalue weighted by atomic mass is 32.2. The van der Waals surface area contributed by atoms with Crippen LogP contribution in [0.2, 0.25) is 0 Å². The lowest BCUT2D eigenvalue weighted by Gasteiger charge is -2.40. The fraction of sp³-hybridized carbons (Fsp3) is 0.519. The molecule has 2 aliphatic heterocycles. The first-order chi connectivity index (χ1) is 19.2. The molecule has 0 aliphatic carbocycles. The Balaban J connectivity index is 0.000000587. The Hall–Kier alpha value is -3.39. The number of hydrogen-bond acceptors (Lipinski definition) is 7. The van der Waals surface area contributed by atoms with Gasteiger partial charge in [-0.05, 0) is 68.5 Å². The summed E-state index contributed by atoms with van der Waals surface area (Å²) in [5.41, 5.74) is 1.19. The van der Waals surface area contributed by atoms with Gasteiger partial charge in [0.1, 0.15) is 0 Å². The molecule has 1 aromatic heterocycles. The summed E-state index contributed by atoms with van der Waals surface area (Å²) in [6.45, 7) is 7.89. The van der Waals surface area contributed by atoms with E-state index < -0.39 is 28.1 Å². The van der Waals surface area contributed by atoms with Crippen molar-refractivity contribution in [3.8, 4) is 0 Å². The molecule has 2 aliphatic rings. The van der Waals surface area contributed by atoms with Crippen molar-refractivity contribution in [3.63, 3.8) is 0 Å². The predicted octanol–water partition coefficient (Wildman–Crippen LogP) is 4.79. The molecule has 226 valence electrons. The van der Waals surface area contributed by atoms with E-state index in [1.807, 2.05) is 13.8 Å². The topological polar surface area (TPSA) is 140 Å². The Morgan fingerprint density at radius 1 is 1.00 bits per heavy atom. The van der Waals surface area contributed by atoms with Gasteiger partial charge in [0.25, 0.3) is 10.0 Å². The van der Waals surface area contributed by atoms with Crippen LogP contribution in [0.15, 0.2) is 41.4 Å². The predicted molar refractivity (Wildman–Crippen MR) is 147 cm³/mol. The highest BCUT2D eigenvalue weighted by molar-refractivity contribution is 7.92. The normalized spacial score (nSPS) is 17.1. The zero-order valence-electron chi connectivity index (χ0n) is 22.9. The highest BCUT2D eigenvalue weighted by Crippen LogP contribution is 2.31. The van der Waals surface area contributed by atoms with Crippen molar-refractivity contribution in [1.29, 1.82) is 0 Å². The first kappa shape index (κ1) is 32.1. The third-order valence-electron chi connectivity index (χ3n) is 7.13. The van der Waals surface area contributed by atoms with E-state index in [1.165, 1.54) is 31.5 Å². The summed E-state index contributed by atoms with van der Waals surface area (Å²) >= 11 is 0. The van der Waals surface area contributed by atoms with Gasteiger partial charge >= 0.3 is 18.1 Å². The van der Waals surface area contributed by atoms with Crippen LogP contribution in [0, 0.1) is 0 Å². The SMILES string of the molecule is CC(C)c1ccc(S(=O)(=O)Nc2cc(C(=O)O)cnc2N2CCC(N3CCCCC3)CC2)cc1.O=C(O)C(F)(F)F. The van der Waals surface area contributed by atoms with Crippen LogP contribution in [0.25, 0.3) is 0 Å². The number of halogens is 3. The average Bonchev–Trinajstić information content (AvgIpc) is 2.93. The molecule has 0 amide bonds. The number of benzene rings is 1. The zero-order chi connectivity index (χ0) is 30.4. The number of rotatable bonds is 7. The smallest absolute Gasteiger partial charge is 0.478 e. The summed E-state index contributed by atoms with van der Waals surface area (Å²) in [4.78, 5) is 29.6. The van der Waals surface area contributed by atoms with Crippen molar-refractivity contribution in [1.82, 2.24) is 9.88 Å². The minimum Gasteiger partial charge on any atom is -0.478 e. The number of aliphatic carboxylic acids is 1. The minimum atomic E-state index is -5.08. The number of likely N-dealkylation sites (tertiary alicyclic amines) is 1. The lowest BCUT2D eigenvalue weighted by Crippen LogP contribution is -2.47. The lowest BCUT2D eigenvalue weighted by molar-refractivity contribution is -0.192. The van der Waals surface area contributed by atoms with Gasteiger partial charge in [0.15, 0.2) is 5.82 Å². The number of aromatic nitrogens is 1. The molecule has 2 fully saturated rings. The fourth-order valence-corrected chi connectivity index (χ4v) is 5.92.